The maximum Gasteiger partial charge on any atom is 0.255 e. The van der Waals surface area contributed by atoms with E-state index in [1.807, 2.05) is 6.92 Å². The number of benzene rings is 1. The molecule has 6 N–H and O–H groups in total. The molecule has 1 aliphatic rings. The summed E-state index contributed by atoms with van der Waals surface area (Å²) in [5.41, 5.74) is 6.49. The number of hydrogen-bond donors (Lipinski definition) is 3. The van der Waals surface area contributed by atoms with Gasteiger partial charge in [0.15, 0.2) is 0 Å². The number of amides is 1. The molecule has 1 aliphatic heterocycles. The summed E-state index contributed by atoms with van der Waals surface area (Å²) in [5.74, 6) is 0.164. The van der Waals surface area contributed by atoms with Crippen molar-refractivity contribution >= 4 is 23.2 Å². The first-order chi connectivity index (χ1) is 10.6. The van der Waals surface area contributed by atoms with Gasteiger partial charge in [0.2, 0.25) is 0 Å². The van der Waals surface area contributed by atoms with Gasteiger partial charge in [-0.05, 0) is 26.0 Å². The predicted octanol–water partition coefficient (Wildman–Crippen LogP) is 0.603. The summed E-state index contributed by atoms with van der Waals surface area (Å²) in [6.07, 6.45) is 0.763. The van der Waals surface area contributed by atoms with E-state index in [9.17, 15) is 4.79 Å². The number of anilines is 1. The third-order valence-electron chi connectivity index (χ3n) is 3.69. The number of rotatable bonds is 5. The molecule has 1 heterocycles. The molecule has 1 amide bonds. The van der Waals surface area contributed by atoms with Gasteiger partial charge in [-0.25, -0.2) is 0 Å². The lowest BCUT2D eigenvalue weighted by molar-refractivity contribution is 0.0208. The third kappa shape index (κ3) is 4.71. The minimum atomic E-state index is -0.240. The van der Waals surface area contributed by atoms with E-state index in [-0.39, 0.29) is 23.5 Å². The lowest BCUT2D eigenvalue weighted by Gasteiger charge is -2.32. The Labute approximate surface area is 140 Å². The van der Waals surface area contributed by atoms with Crippen molar-refractivity contribution in [3.05, 3.63) is 22.7 Å². The van der Waals surface area contributed by atoms with Crippen molar-refractivity contribution in [3.8, 4) is 5.75 Å². The Balaban J connectivity index is 0.00000264. The van der Waals surface area contributed by atoms with Crippen LogP contribution in [0.25, 0.3) is 0 Å². The van der Waals surface area contributed by atoms with E-state index in [1.165, 1.54) is 13.2 Å². The van der Waals surface area contributed by atoms with Crippen molar-refractivity contribution in [1.29, 1.82) is 0 Å². The highest BCUT2D eigenvalue weighted by Gasteiger charge is 2.28. The predicted molar refractivity (Wildman–Crippen MR) is 90.2 cm³/mol. The van der Waals surface area contributed by atoms with Gasteiger partial charge in [-0.1, -0.05) is 11.6 Å². The van der Waals surface area contributed by atoms with Crippen LogP contribution in [0, 0.1) is 0 Å². The van der Waals surface area contributed by atoms with Gasteiger partial charge in [-0.2, -0.15) is 0 Å². The Morgan fingerprint density at radius 1 is 1.52 bits per heavy atom. The first-order valence-electron chi connectivity index (χ1n) is 7.33. The van der Waals surface area contributed by atoms with Crippen molar-refractivity contribution in [2.24, 2.45) is 0 Å². The van der Waals surface area contributed by atoms with Gasteiger partial charge in [0.1, 0.15) is 5.75 Å². The van der Waals surface area contributed by atoms with Gasteiger partial charge < -0.3 is 31.3 Å². The van der Waals surface area contributed by atoms with Crippen molar-refractivity contribution in [2.75, 3.05) is 32.5 Å². The molecule has 23 heavy (non-hydrogen) atoms. The Bertz CT molecular complexity index is 540. The Hall–Kier alpha value is -1.54. The number of ether oxygens (including phenoxy) is 2. The number of carbonyl (C=O) groups is 1. The molecule has 1 fully saturated rings. The third-order valence-corrected chi connectivity index (χ3v) is 4.01. The minimum Gasteiger partial charge on any atom is -0.496 e. The molecule has 2 rings (SSSR count). The van der Waals surface area contributed by atoms with Gasteiger partial charge in [-0.3, -0.25) is 4.79 Å². The van der Waals surface area contributed by atoms with Crippen LogP contribution in [0.3, 0.4) is 0 Å². The first kappa shape index (κ1) is 19.5. The molecular weight excluding hydrogens is 322 g/mol. The average molecular weight is 346 g/mol. The van der Waals surface area contributed by atoms with Gasteiger partial charge in [-0.15, -0.1) is 0 Å². The number of nitrogens with one attached hydrogen (secondary N) is 2. The van der Waals surface area contributed by atoms with E-state index in [0.717, 1.165) is 19.5 Å². The van der Waals surface area contributed by atoms with E-state index in [4.69, 9.17) is 26.8 Å². The second-order valence-corrected chi connectivity index (χ2v) is 5.55. The SMILES string of the molecule is CCO[C@@H]1CNCC[C@@H]1NC(=O)c1cc(Cl)c(N)cc1OC.O. The van der Waals surface area contributed by atoms with Gasteiger partial charge in [0.05, 0.1) is 35.5 Å². The quantitative estimate of drug-likeness (QED) is 0.676. The Morgan fingerprint density at radius 3 is 2.91 bits per heavy atom. The fraction of sp³-hybridized carbons (Fsp3) is 0.533. The van der Waals surface area contributed by atoms with Crippen LogP contribution in [-0.4, -0.2) is 50.3 Å². The highest BCUT2D eigenvalue weighted by atomic mass is 35.5. The summed E-state index contributed by atoms with van der Waals surface area (Å²) >= 11 is 6.01. The van der Waals surface area contributed by atoms with Crippen LogP contribution in [0.5, 0.6) is 5.75 Å². The summed E-state index contributed by atoms with van der Waals surface area (Å²) in [7, 11) is 1.49. The van der Waals surface area contributed by atoms with Crippen LogP contribution < -0.4 is 21.1 Å². The standard InChI is InChI=1S/C15H22ClN3O3.H2O/c1-3-22-14-8-18-5-4-12(14)19-15(20)9-6-10(16)11(17)7-13(9)21-2;/h6-7,12,14,18H,3-5,8,17H2,1-2H3,(H,19,20);1H2/t12-,14+;/m0./s1. The zero-order valence-corrected chi connectivity index (χ0v) is 14.1. The summed E-state index contributed by atoms with van der Waals surface area (Å²) in [4.78, 5) is 12.5. The average Bonchev–Trinajstić information content (AvgIpc) is 2.51. The number of halogens is 1. The van der Waals surface area contributed by atoms with Crippen molar-refractivity contribution < 1.29 is 19.7 Å². The van der Waals surface area contributed by atoms with Gasteiger partial charge in [0.25, 0.3) is 5.91 Å². The smallest absolute Gasteiger partial charge is 0.255 e. The molecule has 2 atom stereocenters. The van der Waals surface area contributed by atoms with Gasteiger partial charge >= 0.3 is 0 Å². The highest BCUT2D eigenvalue weighted by Crippen LogP contribution is 2.29. The molecular formula is C15H24ClN3O4. The topological polar surface area (TPSA) is 117 Å². The number of carbonyl (C=O) groups excluding carboxylic acids is 1. The molecule has 0 unspecified atom stereocenters. The van der Waals surface area contributed by atoms with E-state index in [2.05, 4.69) is 10.6 Å². The summed E-state index contributed by atoms with van der Waals surface area (Å²) < 4.78 is 10.9. The Morgan fingerprint density at radius 2 is 2.26 bits per heavy atom. The maximum absolute atomic E-state index is 12.5. The number of nitrogen functional groups attached to an aromatic ring is 1. The molecule has 130 valence electrons. The molecule has 1 aromatic carbocycles. The van der Waals surface area contributed by atoms with Crippen LogP contribution in [0.4, 0.5) is 5.69 Å². The fourth-order valence-electron chi connectivity index (χ4n) is 2.55. The molecule has 7 nitrogen and oxygen atoms in total. The van der Waals surface area contributed by atoms with Gasteiger partial charge in [0, 0.05) is 19.2 Å². The van der Waals surface area contributed by atoms with E-state index in [1.54, 1.807) is 6.07 Å². The normalized spacial score (nSPS) is 20.5. The maximum atomic E-state index is 12.5. The molecule has 0 spiro atoms. The molecule has 0 saturated carbocycles. The lowest BCUT2D eigenvalue weighted by atomic mass is 10.0. The second-order valence-electron chi connectivity index (χ2n) is 5.14. The molecule has 0 aromatic heterocycles. The second kappa shape index (κ2) is 8.93. The number of methoxy groups -OCH3 is 1. The Kier molecular flexibility index (Phi) is 7.57. The fourth-order valence-corrected chi connectivity index (χ4v) is 2.71. The molecule has 1 saturated heterocycles. The van der Waals surface area contributed by atoms with Crippen LogP contribution in [0.1, 0.15) is 23.7 Å². The van der Waals surface area contributed by atoms with Crippen LogP contribution >= 0.6 is 11.6 Å². The van der Waals surface area contributed by atoms with Crippen LogP contribution in [0.15, 0.2) is 12.1 Å². The molecule has 1 aromatic rings. The molecule has 0 aliphatic carbocycles. The lowest BCUT2D eigenvalue weighted by Crippen LogP contribution is -2.53. The van der Waals surface area contributed by atoms with E-state index < -0.39 is 0 Å². The summed E-state index contributed by atoms with van der Waals surface area (Å²) in [5, 5.41) is 6.60. The number of hydrogen-bond acceptors (Lipinski definition) is 5. The highest BCUT2D eigenvalue weighted by molar-refractivity contribution is 6.33. The van der Waals surface area contributed by atoms with Crippen molar-refractivity contribution in [3.63, 3.8) is 0 Å². The first-order valence-corrected chi connectivity index (χ1v) is 7.70. The zero-order chi connectivity index (χ0) is 16.1. The monoisotopic (exact) mass is 345 g/mol. The van der Waals surface area contributed by atoms with Crippen LogP contribution in [0.2, 0.25) is 5.02 Å². The molecule has 0 bridgehead atoms. The summed E-state index contributed by atoms with van der Waals surface area (Å²) in [6.45, 7) is 4.11. The number of nitrogens with two attached hydrogens (primary N) is 1. The summed E-state index contributed by atoms with van der Waals surface area (Å²) in [6, 6.07) is 3.04. The molecule has 8 heteroatoms. The van der Waals surface area contributed by atoms with E-state index >= 15 is 0 Å². The van der Waals surface area contributed by atoms with E-state index in [0.29, 0.717) is 28.6 Å². The minimum absolute atomic E-state index is 0. The largest absolute Gasteiger partial charge is 0.496 e. The zero-order valence-electron chi connectivity index (χ0n) is 13.3. The van der Waals surface area contributed by atoms with Crippen LogP contribution in [-0.2, 0) is 4.74 Å². The van der Waals surface area contributed by atoms with Crippen molar-refractivity contribution in [1.82, 2.24) is 10.6 Å². The number of piperidine rings is 1. The van der Waals surface area contributed by atoms with Crippen molar-refractivity contribution in [2.45, 2.75) is 25.5 Å². The molecule has 0 radical (unpaired) electrons.